The number of carbonyl (C=O) groups excluding carboxylic acids is 1. The lowest BCUT2D eigenvalue weighted by Crippen LogP contribution is -2.36. The zero-order chi connectivity index (χ0) is 10.2. The molecule has 0 atom stereocenters. The highest BCUT2D eigenvalue weighted by atomic mass is 16.2. The van der Waals surface area contributed by atoms with Crippen LogP contribution in [0.25, 0.3) is 0 Å². The normalized spacial score (nSPS) is 9.50. The Morgan fingerprint density at radius 2 is 2.36 bits per heavy atom. The van der Waals surface area contributed by atoms with Crippen molar-refractivity contribution < 1.29 is 4.79 Å². The van der Waals surface area contributed by atoms with Gasteiger partial charge in [-0.2, -0.15) is 0 Å². The summed E-state index contributed by atoms with van der Waals surface area (Å²) in [6.07, 6.45) is 4.35. The molecule has 0 unspecified atom stereocenters. The molecule has 76 valence electrons. The summed E-state index contributed by atoms with van der Waals surface area (Å²) in [6.45, 7) is 3.18. The molecule has 14 heavy (non-hydrogen) atoms. The molecule has 0 saturated heterocycles. The molecule has 2 N–H and O–H groups in total. The summed E-state index contributed by atoms with van der Waals surface area (Å²) in [6, 6.07) is 3.77. The second kappa shape index (κ2) is 5.96. The molecule has 4 heteroatoms. The van der Waals surface area contributed by atoms with Crippen molar-refractivity contribution in [1.82, 2.24) is 15.6 Å². The van der Waals surface area contributed by atoms with Gasteiger partial charge in [-0.15, -0.1) is 0 Å². The molecule has 1 aromatic rings. The molecule has 0 spiro atoms. The summed E-state index contributed by atoms with van der Waals surface area (Å²) in [5.74, 6) is 0. The number of nitrogens with one attached hydrogen (secondary N) is 2. The van der Waals surface area contributed by atoms with Crippen LogP contribution in [0.1, 0.15) is 12.5 Å². The second-order valence-electron chi connectivity index (χ2n) is 2.90. The molecule has 0 aromatic carbocycles. The van der Waals surface area contributed by atoms with Crippen molar-refractivity contribution in [3.63, 3.8) is 0 Å². The van der Waals surface area contributed by atoms with E-state index in [1.165, 1.54) is 0 Å². The second-order valence-corrected chi connectivity index (χ2v) is 2.90. The van der Waals surface area contributed by atoms with Gasteiger partial charge in [0, 0.05) is 25.5 Å². The molecule has 0 saturated carbocycles. The fourth-order valence-electron chi connectivity index (χ4n) is 1.09. The first-order chi connectivity index (χ1) is 6.83. The number of urea groups is 1. The maximum atomic E-state index is 11.0. The van der Waals surface area contributed by atoms with Crippen LogP contribution in [0, 0.1) is 0 Å². The highest BCUT2D eigenvalue weighted by Crippen LogP contribution is 1.94. The van der Waals surface area contributed by atoms with Crippen molar-refractivity contribution in [2.45, 2.75) is 13.3 Å². The average Bonchev–Trinajstić information content (AvgIpc) is 2.20. The van der Waals surface area contributed by atoms with Crippen LogP contribution in [0.3, 0.4) is 0 Å². The van der Waals surface area contributed by atoms with E-state index in [2.05, 4.69) is 15.6 Å². The van der Waals surface area contributed by atoms with Gasteiger partial charge in [0.2, 0.25) is 0 Å². The number of rotatable bonds is 4. The summed E-state index contributed by atoms with van der Waals surface area (Å²) >= 11 is 0. The third-order valence-electron chi connectivity index (χ3n) is 1.76. The number of pyridine rings is 1. The van der Waals surface area contributed by atoms with E-state index < -0.39 is 0 Å². The number of hydrogen-bond donors (Lipinski definition) is 2. The maximum absolute atomic E-state index is 11.0. The Labute approximate surface area is 83.7 Å². The summed E-state index contributed by atoms with van der Waals surface area (Å²) in [4.78, 5) is 15.0. The van der Waals surface area contributed by atoms with Gasteiger partial charge in [0.05, 0.1) is 0 Å². The lowest BCUT2D eigenvalue weighted by molar-refractivity contribution is 0.241. The van der Waals surface area contributed by atoms with E-state index in [0.29, 0.717) is 13.1 Å². The van der Waals surface area contributed by atoms with Crippen LogP contribution in [-0.2, 0) is 6.42 Å². The van der Waals surface area contributed by atoms with Crippen LogP contribution in [0.2, 0.25) is 0 Å². The van der Waals surface area contributed by atoms with Crippen molar-refractivity contribution >= 4 is 6.03 Å². The highest BCUT2D eigenvalue weighted by Gasteiger charge is 1.96. The summed E-state index contributed by atoms with van der Waals surface area (Å²) in [5, 5.41) is 5.42. The summed E-state index contributed by atoms with van der Waals surface area (Å²) in [7, 11) is 0. The molecule has 0 radical (unpaired) electrons. The SMILES string of the molecule is CCNC(=O)NCCc1cccnc1. The van der Waals surface area contributed by atoms with Gasteiger partial charge in [-0.1, -0.05) is 6.07 Å². The molecular formula is C10H15N3O. The first-order valence-electron chi connectivity index (χ1n) is 4.73. The molecule has 1 aromatic heterocycles. The Balaban J connectivity index is 2.19. The Kier molecular flexibility index (Phi) is 4.47. The number of amides is 2. The third kappa shape index (κ3) is 3.89. The minimum Gasteiger partial charge on any atom is -0.338 e. The molecule has 0 aliphatic carbocycles. The molecule has 0 aliphatic rings. The van der Waals surface area contributed by atoms with E-state index in [-0.39, 0.29) is 6.03 Å². The van der Waals surface area contributed by atoms with Crippen LogP contribution in [0.15, 0.2) is 24.5 Å². The molecule has 2 amide bonds. The van der Waals surface area contributed by atoms with Crippen molar-refractivity contribution in [2.75, 3.05) is 13.1 Å². The van der Waals surface area contributed by atoms with Gasteiger partial charge < -0.3 is 10.6 Å². The Morgan fingerprint density at radius 1 is 1.50 bits per heavy atom. The molecule has 0 fully saturated rings. The Morgan fingerprint density at radius 3 is 3.00 bits per heavy atom. The van der Waals surface area contributed by atoms with Gasteiger partial charge in [-0.05, 0) is 25.0 Å². The molecule has 1 heterocycles. The molecule has 1 rings (SSSR count). The van der Waals surface area contributed by atoms with Crippen LogP contribution in [0.5, 0.6) is 0 Å². The van der Waals surface area contributed by atoms with Crippen LogP contribution in [-0.4, -0.2) is 24.1 Å². The summed E-state index contributed by atoms with van der Waals surface area (Å²) < 4.78 is 0. The number of nitrogens with zero attached hydrogens (tertiary/aromatic N) is 1. The van der Waals surface area contributed by atoms with Gasteiger partial charge >= 0.3 is 6.03 Å². The van der Waals surface area contributed by atoms with Crippen molar-refractivity contribution in [1.29, 1.82) is 0 Å². The lowest BCUT2D eigenvalue weighted by atomic mass is 10.2. The molecular weight excluding hydrogens is 178 g/mol. The fraction of sp³-hybridized carbons (Fsp3) is 0.400. The number of aromatic nitrogens is 1. The lowest BCUT2D eigenvalue weighted by Gasteiger charge is -2.04. The number of carbonyl (C=O) groups is 1. The maximum Gasteiger partial charge on any atom is 0.314 e. The zero-order valence-electron chi connectivity index (χ0n) is 8.29. The van der Waals surface area contributed by atoms with Gasteiger partial charge in [0.25, 0.3) is 0 Å². The van der Waals surface area contributed by atoms with Crippen molar-refractivity contribution in [2.24, 2.45) is 0 Å². The number of hydrogen-bond acceptors (Lipinski definition) is 2. The highest BCUT2D eigenvalue weighted by molar-refractivity contribution is 5.73. The van der Waals surface area contributed by atoms with Gasteiger partial charge in [0.15, 0.2) is 0 Å². The standard InChI is InChI=1S/C10H15N3O/c1-2-12-10(14)13-7-5-9-4-3-6-11-8-9/h3-4,6,8H,2,5,7H2,1H3,(H2,12,13,14). The van der Waals surface area contributed by atoms with E-state index in [1.54, 1.807) is 12.4 Å². The fourth-order valence-corrected chi connectivity index (χ4v) is 1.09. The van der Waals surface area contributed by atoms with Crippen molar-refractivity contribution in [3.8, 4) is 0 Å². The van der Waals surface area contributed by atoms with Gasteiger partial charge in [0.1, 0.15) is 0 Å². The largest absolute Gasteiger partial charge is 0.338 e. The van der Waals surface area contributed by atoms with Gasteiger partial charge in [-0.25, -0.2) is 4.79 Å². The smallest absolute Gasteiger partial charge is 0.314 e. The van der Waals surface area contributed by atoms with Crippen LogP contribution in [0.4, 0.5) is 4.79 Å². The monoisotopic (exact) mass is 193 g/mol. The third-order valence-corrected chi connectivity index (χ3v) is 1.76. The Bertz CT molecular complexity index is 274. The van der Waals surface area contributed by atoms with Gasteiger partial charge in [-0.3, -0.25) is 4.98 Å². The topological polar surface area (TPSA) is 54.0 Å². The van der Waals surface area contributed by atoms with E-state index in [9.17, 15) is 4.79 Å². The molecule has 4 nitrogen and oxygen atoms in total. The van der Waals surface area contributed by atoms with E-state index in [1.807, 2.05) is 19.1 Å². The predicted molar refractivity (Wildman–Crippen MR) is 55.0 cm³/mol. The predicted octanol–water partition coefficient (Wildman–Crippen LogP) is 0.943. The van der Waals surface area contributed by atoms with Crippen LogP contribution < -0.4 is 10.6 Å². The quantitative estimate of drug-likeness (QED) is 0.747. The van der Waals surface area contributed by atoms with Crippen molar-refractivity contribution in [3.05, 3.63) is 30.1 Å². The average molecular weight is 193 g/mol. The minimum absolute atomic E-state index is 0.114. The zero-order valence-corrected chi connectivity index (χ0v) is 8.29. The first-order valence-corrected chi connectivity index (χ1v) is 4.73. The molecule has 0 bridgehead atoms. The van der Waals surface area contributed by atoms with E-state index >= 15 is 0 Å². The first kappa shape index (κ1) is 10.5. The summed E-state index contributed by atoms with van der Waals surface area (Å²) in [5.41, 5.74) is 1.13. The van der Waals surface area contributed by atoms with Crippen LogP contribution >= 0.6 is 0 Å². The minimum atomic E-state index is -0.114. The van der Waals surface area contributed by atoms with E-state index in [4.69, 9.17) is 0 Å². The Hall–Kier alpha value is -1.58. The molecule has 0 aliphatic heterocycles. The van der Waals surface area contributed by atoms with E-state index in [0.717, 1.165) is 12.0 Å².